The summed E-state index contributed by atoms with van der Waals surface area (Å²) in [7, 11) is 1.45. The fourth-order valence-corrected chi connectivity index (χ4v) is 2.84. The Labute approximate surface area is 130 Å². The van der Waals surface area contributed by atoms with Gasteiger partial charge in [-0.3, -0.25) is 15.0 Å². The molecule has 1 aliphatic heterocycles. The van der Waals surface area contributed by atoms with Crippen molar-refractivity contribution in [1.29, 1.82) is 0 Å². The Morgan fingerprint density at radius 1 is 1.50 bits per heavy atom. The number of nitrogens with one attached hydrogen (secondary N) is 1. The summed E-state index contributed by atoms with van der Waals surface area (Å²) in [5.74, 6) is 0.295. The average Bonchev–Trinajstić information content (AvgIpc) is 2.52. The van der Waals surface area contributed by atoms with Crippen LogP contribution in [0.5, 0.6) is 5.75 Å². The van der Waals surface area contributed by atoms with Crippen LogP contribution in [-0.4, -0.2) is 43.1 Å². The van der Waals surface area contributed by atoms with Gasteiger partial charge < -0.3 is 10.1 Å². The molecule has 0 radical (unpaired) electrons. The zero-order valence-corrected chi connectivity index (χ0v) is 13.2. The molecule has 0 aromatic heterocycles. The van der Waals surface area contributed by atoms with Crippen LogP contribution in [-0.2, 0) is 0 Å². The van der Waals surface area contributed by atoms with E-state index in [0.717, 1.165) is 43.7 Å². The Hall–Kier alpha value is -1.92. The number of hydrogen-bond acceptors (Lipinski definition) is 5. The fourth-order valence-electron chi connectivity index (χ4n) is 2.84. The number of benzene rings is 1. The summed E-state index contributed by atoms with van der Waals surface area (Å²) in [6, 6.07) is 5.35. The number of piperazine rings is 1. The monoisotopic (exact) mass is 305 g/mol. The van der Waals surface area contributed by atoms with Crippen LogP contribution in [0.2, 0.25) is 0 Å². The van der Waals surface area contributed by atoms with Crippen molar-refractivity contribution >= 4 is 5.69 Å². The second-order valence-electron chi connectivity index (χ2n) is 5.65. The minimum atomic E-state index is -0.391. The molecule has 1 atom stereocenters. The molecule has 0 aliphatic carbocycles. The van der Waals surface area contributed by atoms with Crippen molar-refractivity contribution in [2.24, 2.45) is 0 Å². The van der Waals surface area contributed by atoms with Crippen molar-refractivity contribution in [3.05, 3.63) is 46.0 Å². The highest BCUT2D eigenvalue weighted by Gasteiger charge is 2.25. The number of nitrogens with zero attached hydrogens (tertiary/aromatic N) is 2. The highest BCUT2D eigenvalue weighted by atomic mass is 16.6. The molecule has 1 aromatic carbocycles. The number of methoxy groups -OCH3 is 1. The van der Waals surface area contributed by atoms with Gasteiger partial charge in [0.15, 0.2) is 5.75 Å². The predicted molar refractivity (Wildman–Crippen MR) is 86.3 cm³/mol. The number of hydrogen-bond donors (Lipinski definition) is 1. The molecular formula is C16H23N3O3. The fraction of sp³-hybridized carbons (Fsp3) is 0.500. The molecule has 1 heterocycles. The van der Waals surface area contributed by atoms with E-state index in [9.17, 15) is 10.1 Å². The van der Waals surface area contributed by atoms with E-state index < -0.39 is 4.92 Å². The standard InChI is InChI=1S/C16H23N3O3/c1-12(2)10-14(18-8-6-17-7-9-18)13-4-5-16(22-3)15(11-13)19(20)21/h4-5,11,14,17H,1,6-10H2,2-3H3/t14-/m1/s1. The summed E-state index contributed by atoms with van der Waals surface area (Å²) in [5, 5.41) is 14.6. The molecule has 1 N–H and O–H groups in total. The third-order valence-corrected chi connectivity index (χ3v) is 3.92. The summed E-state index contributed by atoms with van der Waals surface area (Å²) < 4.78 is 5.09. The second-order valence-corrected chi connectivity index (χ2v) is 5.65. The van der Waals surface area contributed by atoms with E-state index in [2.05, 4.69) is 16.8 Å². The summed E-state index contributed by atoms with van der Waals surface area (Å²) >= 11 is 0. The highest BCUT2D eigenvalue weighted by molar-refractivity contribution is 5.49. The third kappa shape index (κ3) is 3.84. The van der Waals surface area contributed by atoms with Gasteiger partial charge in [-0.05, 0) is 25.0 Å². The van der Waals surface area contributed by atoms with Crippen molar-refractivity contribution in [3.8, 4) is 5.75 Å². The van der Waals surface area contributed by atoms with Gasteiger partial charge in [0.1, 0.15) is 0 Å². The van der Waals surface area contributed by atoms with Crippen molar-refractivity contribution in [3.63, 3.8) is 0 Å². The molecule has 2 rings (SSSR count). The molecular weight excluding hydrogens is 282 g/mol. The smallest absolute Gasteiger partial charge is 0.311 e. The quantitative estimate of drug-likeness (QED) is 0.497. The molecule has 22 heavy (non-hydrogen) atoms. The average molecular weight is 305 g/mol. The number of rotatable bonds is 6. The molecule has 6 nitrogen and oxygen atoms in total. The van der Waals surface area contributed by atoms with Crippen LogP contribution in [0, 0.1) is 10.1 Å². The lowest BCUT2D eigenvalue weighted by molar-refractivity contribution is -0.385. The van der Waals surface area contributed by atoms with Crippen LogP contribution in [0.4, 0.5) is 5.69 Å². The summed E-state index contributed by atoms with van der Waals surface area (Å²) in [4.78, 5) is 13.2. The largest absolute Gasteiger partial charge is 0.490 e. The lowest BCUT2D eigenvalue weighted by atomic mass is 9.97. The summed E-state index contributed by atoms with van der Waals surface area (Å²) in [6.07, 6.45) is 0.795. The van der Waals surface area contributed by atoms with E-state index in [0.29, 0.717) is 5.75 Å². The first kappa shape index (κ1) is 16.5. The Balaban J connectivity index is 2.35. The molecule has 0 unspecified atom stereocenters. The van der Waals surface area contributed by atoms with E-state index in [4.69, 9.17) is 4.74 Å². The van der Waals surface area contributed by atoms with Gasteiger partial charge in [-0.1, -0.05) is 11.6 Å². The van der Waals surface area contributed by atoms with Crippen LogP contribution in [0.15, 0.2) is 30.4 Å². The van der Waals surface area contributed by atoms with E-state index in [1.54, 1.807) is 12.1 Å². The predicted octanol–water partition coefficient (Wildman–Crippen LogP) is 2.52. The van der Waals surface area contributed by atoms with Crippen LogP contribution in [0.25, 0.3) is 0 Å². The molecule has 6 heteroatoms. The van der Waals surface area contributed by atoms with E-state index in [1.165, 1.54) is 7.11 Å². The summed E-state index contributed by atoms with van der Waals surface area (Å²) in [5.41, 5.74) is 2.03. The third-order valence-electron chi connectivity index (χ3n) is 3.92. The molecule has 1 aromatic rings. The minimum absolute atomic E-state index is 0.0156. The van der Waals surface area contributed by atoms with Gasteiger partial charge in [0.2, 0.25) is 0 Å². The Kier molecular flexibility index (Phi) is 5.51. The van der Waals surface area contributed by atoms with Crippen LogP contribution in [0.3, 0.4) is 0 Å². The van der Waals surface area contributed by atoms with Crippen molar-refractivity contribution < 1.29 is 9.66 Å². The number of nitro groups is 1. The number of ether oxygens (including phenoxy) is 1. The van der Waals surface area contributed by atoms with Crippen LogP contribution >= 0.6 is 0 Å². The molecule has 1 saturated heterocycles. The zero-order chi connectivity index (χ0) is 16.1. The van der Waals surface area contributed by atoms with Crippen LogP contribution in [0.1, 0.15) is 24.9 Å². The normalized spacial score (nSPS) is 17.0. The lowest BCUT2D eigenvalue weighted by Gasteiger charge is -2.35. The van der Waals surface area contributed by atoms with Crippen molar-refractivity contribution in [2.75, 3.05) is 33.3 Å². The maximum absolute atomic E-state index is 11.2. The Bertz CT molecular complexity index is 554. The molecule has 0 amide bonds. The van der Waals surface area contributed by atoms with Crippen LogP contribution < -0.4 is 10.1 Å². The highest BCUT2D eigenvalue weighted by Crippen LogP contribution is 2.34. The first-order chi connectivity index (χ1) is 10.5. The Morgan fingerprint density at radius 2 is 2.18 bits per heavy atom. The van der Waals surface area contributed by atoms with Gasteiger partial charge >= 0.3 is 5.69 Å². The lowest BCUT2D eigenvalue weighted by Crippen LogP contribution is -2.45. The van der Waals surface area contributed by atoms with Gasteiger partial charge in [-0.15, -0.1) is 6.58 Å². The molecule has 1 aliphatic rings. The molecule has 0 spiro atoms. The SMILES string of the molecule is C=C(C)C[C@H](c1ccc(OC)c([N+](=O)[O-])c1)N1CCNCC1. The van der Waals surface area contributed by atoms with E-state index in [-0.39, 0.29) is 11.7 Å². The molecule has 120 valence electrons. The first-order valence-electron chi connectivity index (χ1n) is 7.44. The topological polar surface area (TPSA) is 67.6 Å². The zero-order valence-electron chi connectivity index (χ0n) is 13.2. The van der Waals surface area contributed by atoms with Gasteiger partial charge in [0.05, 0.1) is 12.0 Å². The van der Waals surface area contributed by atoms with Crippen molar-refractivity contribution in [2.45, 2.75) is 19.4 Å². The van der Waals surface area contributed by atoms with E-state index >= 15 is 0 Å². The Morgan fingerprint density at radius 3 is 2.73 bits per heavy atom. The molecule has 1 fully saturated rings. The molecule has 0 saturated carbocycles. The van der Waals surface area contributed by atoms with Gasteiger partial charge in [-0.2, -0.15) is 0 Å². The molecule has 0 bridgehead atoms. The number of nitro benzene ring substituents is 1. The summed E-state index contributed by atoms with van der Waals surface area (Å²) in [6.45, 7) is 9.73. The second kappa shape index (κ2) is 7.38. The van der Waals surface area contributed by atoms with Crippen molar-refractivity contribution in [1.82, 2.24) is 10.2 Å². The minimum Gasteiger partial charge on any atom is -0.490 e. The van der Waals surface area contributed by atoms with Gasteiger partial charge in [0.25, 0.3) is 0 Å². The first-order valence-corrected chi connectivity index (χ1v) is 7.44. The van der Waals surface area contributed by atoms with Gasteiger partial charge in [0, 0.05) is 38.3 Å². The maximum atomic E-state index is 11.2. The maximum Gasteiger partial charge on any atom is 0.311 e. The van der Waals surface area contributed by atoms with E-state index in [1.807, 2.05) is 13.0 Å². The van der Waals surface area contributed by atoms with Gasteiger partial charge in [-0.25, -0.2) is 0 Å².